The van der Waals surface area contributed by atoms with E-state index in [1.165, 1.54) is 34.2 Å². The van der Waals surface area contributed by atoms with Crippen molar-refractivity contribution < 1.29 is 9.59 Å². The average molecular weight is 533 g/mol. The van der Waals surface area contributed by atoms with Crippen LogP contribution >= 0.6 is 58.4 Å². The first-order chi connectivity index (χ1) is 16.0. The fourth-order valence-electron chi connectivity index (χ4n) is 2.92. The van der Waals surface area contributed by atoms with Gasteiger partial charge in [0, 0.05) is 23.6 Å². The Morgan fingerprint density at radius 2 is 2.06 bits per heavy atom. The van der Waals surface area contributed by atoms with Gasteiger partial charge in [-0.05, 0) is 36.4 Å². The molecule has 1 N–H and O–H groups in total. The summed E-state index contributed by atoms with van der Waals surface area (Å²) in [5, 5.41) is 13.4. The minimum absolute atomic E-state index is 0.0989. The molecule has 0 atom stereocenters. The van der Waals surface area contributed by atoms with E-state index in [1.54, 1.807) is 28.0 Å². The van der Waals surface area contributed by atoms with Gasteiger partial charge in [-0.2, -0.15) is 0 Å². The molecular weight excluding hydrogens is 513 g/mol. The highest BCUT2D eigenvalue weighted by molar-refractivity contribution is 8.26. The van der Waals surface area contributed by atoms with Gasteiger partial charge in [-0.3, -0.25) is 14.5 Å². The van der Waals surface area contributed by atoms with Crippen LogP contribution in [0.25, 0.3) is 6.08 Å². The average Bonchev–Trinajstić information content (AvgIpc) is 3.52. The van der Waals surface area contributed by atoms with Crippen LogP contribution in [-0.4, -0.2) is 37.8 Å². The number of rotatable bonds is 9. The van der Waals surface area contributed by atoms with Crippen molar-refractivity contribution in [3.63, 3.8) is 0 Å². The van der Waals surface area contributed by atoms with E-state index >= 15 is 0 Å². The highest BCUT2D eigenvalue weighted by Gasteiger charge is 2.31. The van der Waals surface area contributed by atoms with Gasteiger partial charge in [-0.15, -0.1) is 21.5 Å². The van der Waals surface area contributed by atoms with Crippen LogP contribution in [0.1, 0.15) is 28.8 Å². The fraction of sp³-hybridized carbons (Fsp3) is 0.227. The van der Waals surface area contributed by atoms with Crippen molar-refractivity contribution >= 4 is 85.8 Å². The molecule has 11 heteroatoms. The topological polar surface area (TPSA) is 75.2 Å². The number of nitrogens with zero attached hydrogens (tertiary/aromatic N) is 3. The Morgan fingerprint density at radius 1 is 1.24 bits per heavy atom. The van der Waals surface area contributed by atoms with Crippen LogP contribution in [0, 0.1) is 6.92 Å². The Kier molecular flexibility index (Phi) is 8.31. The third-order valence-corrected chi connectivity index (χ3v) is 8.85. The van der Waals surface area contributed by atoms with Crippen molar-refractivity contribution in [1.82, 2.24) is 15.1 Å². The number of hydrogen-bond donors (Lipinski definition) is 1. The lowest BCUT2D eigenvalue weighted by Gasteiger charge is -2.13. The van der Waals surface area contributed by atoms with E-state index in [1.807, 2.05) is 23.6 Å². The Labute approximate surface area is 213 Å². The zero-order valence-electron chi connectivity index (χ0n) is 17.6. The molecule has 4 rings (SSSR count). The lowest BCUT2D eigenvalue weighted by atomic mass is 10.2. The van der Waals surface area contributed by atoms with Crippen LogP contribution < -0.4 is 5.32 Å². The molecule has 1 saturated heterocycles. The zero-order chi connectivity index (χ0) is 23.2. The number of anilines is 1. The van der Waals surface area contributed by atoms with Crippen molar-refractivity contribution in [2.75, 3.05) is 11.9 Å². The van der Waals surface area contributed by atoms with Crippen LogP contribution in [0.3, 0.4) is 0 Å². The molecule has 170 valence electrons. The normalized spacial score (nSPS) is 14.9. The van der Waals surface area contributed by atoms with E-state index in [4.69, 9.17) is 12.2 Å². The standard InChI is InChI=1S/C22H20N4O2S5/c1-14-6-8-15(9-7-14)13-31-21-25-24-20(33-21)23-18(27)5-2-10-26-19(28)17(32-22(26)29)12-16-4-3-11-30-16/h3-4,6-9,11-12H,2,5,10,13H2,1H3,(H,23,24,27)/b17-12-. The van der Waals surface area contributed by atoms with Crippen LogP contribution in [0.2, 0.25) is 0 Å². The van der Waals surface area contributed by atoms with Crippen molar-refractivity contribution in [3.8, 4) is 0 Å². The summed E-state index contributed by atoms with van der Waals surface area (Å²) >= 11 is 11.2. The molecule has 0 radical (unpaired) electrons. The van der Waals surface area contributed by atoms with E-state index in [2.05, 4.69) is 46.7 Å². The summed E-state index contributed by atoms with van der Waals surface area (Å²) in [6.07, 6.45) is 2.64. The second kappa shape index (κ2) is 11.4. The monoisotopic (exact) mass is 532 g/mol. The van der Waals surface area contributed by atoms with E-state index in [9.17, 15) is 9.59 Å². The molecule has 0 spiro atoms. The predicted molar refractivity (Wildman–Crippen MR) is 143 cm³/mol. The van der Waals surface area contributed by atoms with Gasteiger partial charge in [0.15, 0.2) is 4.34 Å². The maximum absolute atomic E-state index is 12.6. The molecule has 0 bridgehead atoms. The van der Waals surface area contributed by atoms with E-state index in [0.717, 1.165) is 15.0 Å². The number of nitrogens with one attached hydrogen (secondary N) is 1. The molecule has 2 amide bonds. The minimum atomic E-state index is -0.152. The lowest BCUT2D eigenvalue weighted by Crippen LogP contribution is -2.29. The van der Waals surface area contributed by atoms with Crippen LogP contribution in [0.15, 0.2) is 51.0 Å². The number of thioether (sulfide) groups is 2. The number of carbonyl (C=O) groups is 2. The Hall–Kier alpha value is -2.05. The first kappa shape index (κ1) is 24.1. The van der Waals surface area contributed by atoms with Crippen molar-refractivity contribution in [1.29, 1.82) is 0 Å². The minimum Gasteiger partial charge on any atom is -0.301 e. The van der Waals surface area contributed by atoms with Crippen LogP contribution in [-0.2, 0) is 15.3 Å². The van der Waals surface area contributed by atoms with Gasteiger partial charge in [0.2, 0.25) is 11.0 Å². The highest BCUT2D eigenvalue weighted by Crippen LogP contribution is 2.33. The maximum atomic E-state index is 12.6. The Morgan fingerprint density at radius 3 is 2.82 bits per heavy atom. The number of aromatic nitrogens is 2. The molecule has 0 saturated carbocycles. The molecule has 2 aromatic heterocycles. The maximum Gasteiger partial charge on any atom is 0.266 e. The highest BCUT2D eigenvalue weighted by atomic mass is 32.2. The predicted octanol–water partition coefficient (Wildman–Crippen LogP) is 5.82. The lowest BCUT2D eigenvalue weighted by molar-refractivity contribution is -0.122. The third-order valence-electron chi connectivity index (χ3n) is 4.61. The molecule has 6 nitrogen and oxygen atoms in total. The number of thiocarbonyl (C=S) groups is 1. The van der Waals surface area contributed by atoms with Crippen molar-refractivity contribution in [2.45, 2.75) is 29.9 Å². The summed E-state index contributed by atoms with van der Waals surface area (Å²) in [7, 11) is 0. The van der Waals surface area contributed by atoms with Crippen molar-refractivity contribution in [3.05, 3.63) is 62.7 Å². The fourth-order valence-corrected chi connectivity index (χ4v) is 6.68. The number of hydrogen-bond acceptors (Lipinski definition) is 9. The molecule has 3 aromatic rings. The summed E-state index contributed by atoms with van der Waals surface area (Å²) in [5.74, 6) is 0.548. The van der Waals surface area contributed by atoms with Gasteiger partial charge in [-0.25, -0.2) is 0 Å². The van der Waals surface area contributed by atoms with Crippen LogP contribution in [0.4, 0.5) is 5.13 Å². The number of amides is 2. The van der Waals surface area contributed by atoms with Crippen LogP contribution in [0.5, 0.6) is 0 Å². The molecule has 33 heavy (non-hydrogen) atoms. The Balaban J connectivity index is 1.21. The molecule has 0 unspecified atom stereocenters. The quantitative estimate of drug-likeness (QED) is 0.161. The molecular formula is C22H20N4O2S5. The summed E-state index contributed by atoms with van der Waals surface area (Å²) in [6.45, 7) is 2.47. The first-order valence-corrected chi connectivity index (χ1v) is 14.0. The van der Waals surface area contributed by atoms with Crippen molar-refractivity contribution in [2.24, 2.45) is 0 Å². The molecule has 1 fully saturated rings. The van der Waals surface area contributed by atoms with Gasteiger partial charge < -0.3 is 5.32 Å². The van der Waals surface area contributed by atoms with E-state index in [-0.39, 0.29) is 18.2 Å². The third kappa shape index (κ3) is 6.73. The molecule has 1 aliphatic heterocycles. The second-order valence-electron chi connectivity index (χ2n) is 7.15. The molecule has 3 heterocycles. The molecule has 0 aliphatic carbocycles. The number of thiophene rings is 1. The molecule has 1 aromatic carbocycles. The number of benzene rings is 1. The summed E-state index contributed by atoms with van der Waals surface area (Å²) < 4.78 is 1.34. The van der Waals surface area contributed by atoms with E-state index < -0.39 is 0 Å². The van der Waals surface area contributed by atoms with E-state index in [0.29, 0.717) is 27.3 Å². The number of carbonyl (C=O) groups excluding carboxylic acids is 2. The smallest absolute Gasteiger partial charge is 0.266 e. The van der Waals surface area contributed by atoms with Gasteiger partial charge in [-0.1, -0.05) is 83.0 Å². The molecule has 1 aliphatic rings. The number of aryl methyl sites for hydroxylation is 1. The second-order valence-corrected chi connectivity index (χ2v) is 12.0. The summed E-state index contributed by atoms with van der Waals surface area (Å²) in [4.78, 5) is 28.1. The summed E-state index contributed by atoms with van der Waals surface area (Å²) in [6, 6.07) is 12.3. The van der Waals surface area contributed by atoms with Gasteiger partial charge in [0.25, 0.3) is 5.91 Å². The Bertz CT molecular complexity index is 1170. The SMILES string of the molecule is Cc1ccc(CSc2nnc(NC(=O)CCCN3C(=O)/C(=C/c4cccs4)SC3=S)s2)cc1. The zero-order valence-corrected chi connectivity index (χ0v) is 21.7. The van der Waals surface area contributed by atoms with Gasteiger partial charge >= 0.3 is 0 Å². The summed E-state index contributed by atoms with van der Waals surface area (Å²) in [5.41, 5.74) is 2.45. The largest absolute Gasteiger partial charge is 0.301 e. The van der Waals surface area contributed by atoms with Gasteiger partial charge in [0.1, 0.15) is 4.32 Å². The first-order valence-electron chi connectivity index (χ1n) is 10.1. The van der Waals surface area contributed by atoms with Gasteiger partial charge in [0.05, 0.1) is 4.91 Å².